The first kappa shape index (κ1) is 25.2. The molecule has 0 radical (unpaired) electrons. The summed E-state index contributed by atoms with van der Waals surface area (Å²) in [5.74, 6) is 0.605. The summed E-state index contributed by atoms with van der Waals surface area (Å²) in [6.45, 7) is 7.34. The molecule has 0 heterocycles. The molecule has 0 saturated carbocycles. The zero-order valence-electron chi connectivity index (χ0n) is 18.1. The predicted molar refractivity (Wildman–Crippen MR) is 114 cm³/mol. The lowest BCUT2D eigenvalue weighted by Gasteiger charge is -2.04. The SMILES string of the molecule is CCCCCCCCCCCCCC=CC(=O)OCCCCCC(C)C. The fraction of sp³-hybridized carbons (Fsp3) is 0.875. The molecule has 2 heteroatoms. The second-order valence-electron chi connectivity index (χ2n) is 8.14. The van der Waals surface area contributed by atoms with Crippen LogP contribution in [0.1, 0.15) is 124 Å². The van der Waals surface area contributed by atoms with Crippen LogP contribution in [0.15, 0.2) is 12.2 Å². The molecule has 0 rings (SSSR count). The summed E-state index contributed by atoms with van der Waals surface area (Å²) in [6.07, 6.45) is 24.2. The van der Waals surface area contributed by atoms with Crippen molar-refractivity contribution in [3.63, 3.8) is 0 Å². The van der Waals surface area contributed by atoms with Gasteiger partial charge >= 0.3 is 5.97 Å². The summed E-state index contributed by atoms with van der Waals surface area (Å²) in [5.41, 5.74) is 0. The molecule has 26 heavy (non-hydrogen) atoms. The highest BCUT2D eigenvalue weighted by molar-refractivity contribution is 5.81. The van der Waals surface area contributed by atoms with E-state index in [4.69, 9.17) is 4.74 Å². The van der Waals surface area contributed by atoms with Crippen LogP contribution >= 0.6 is 0 Å². The summed E-state index contributed by atoms with van der Waals surface area (Å²) in [5, 5.41) is 0. The molecule has 0 saturated heterocycles. The Bertz CT molecular complexity index is 320. The van der Waals surface area contributed by atoms with Gasteiger partial charge in [-0.2, -0.15) is 0 Å². The van der Waals surface area contributed by atoms with E-state index in [0.717, 1.165) is 25.2 Å². The van der Waals surface area contributed by atoms with Crippen LogP contribution in [0.5, 0.6) is 0 Å². The Balaban J connectivity index is 3.25. The van der Waals surface area contributed by atoms with Crippen molar-refractivity contribution in [2.45, 2.75) is 124 Å². The van der Waals surface area contributed by atoms with E-state index in [2.05, 4.69) is 20.8 Å². The van der Waals surface area contributed by atoms with Gasteiger partial charge in [0.1, 0.15) is 0 Å². The van der Waals surface area contributed by atoms with E-state index in [-0.39, 0.29) is 5.97 Å². The lowest BCUT2D eigenvalue weighted by atomic mass is 10.1. The van der Waals surface area contributed by atoms with Crippen molar-refractivity contribution in [3.05, 3.63) is 12.2 Å². The molecule has 0 atom stereocenters. The zero-order chi connectivity index (χ0) is 19.3. The Kier molecular flexibility index (Phi) is 19.9. The fourth-order valence-electron chi connectivity index (χ4n) is 3.16. The minimum atomic E-state index is -0.170. The summed E-state index contributed by atoms with van der Waals surface area (Å²) >= 11 is 0. The molecule has 0 aromatic heterocycles. The van der Waals surface area contributed by atoms with Crippen LogP contribution in [0.4, 0.5) is 0 Å². The molecule has 0 aromatic rings. The van der Waals surface area contributed by atoms with Crippen LogP contribution in [0.25, 0.3) is 0 Å². The minimum absolute atomic E-state index is 0.170. The van der Waals surface area contributed by atoms with E-state index in [0.29, 0.717) is 6.61 Å². The fourth-order valence-corrected chi connectivity index (χ4v) is 3.16. The van der Waals surface area contributed by atoms with Crippen LogP contribution in [0.3, 0.4) is 0 Å². The summed E-state index contributed by atoms with van der Waals surface area (Å²) < 4.78 is 5.23. The first-order chi connectivity index (χ1) is 12.7. The van der Waals surface area contributed by atoms with Crippen LogP contribution in [-0.2, 0) is 9.53 Å². The maximum Gasteiger partial charge on any atom is 0.330 e. The Morgan fingerprint density at radius 2 is 1.31 bits per heavy atom. The first-order valence-electron chi connectivity index (χ1n) is 11.5. The van der Waals surface area contributed by atoms with Crippen molar-refractivity contribution in [2.75, 3.05) is 6.61 Å². The summed E-state index contributed by atoms with van der Waals surface area (Å²) in [4.78, 5) is 11.6. The van der Waals surface area contributed by atoms with Crippen LogP contribution in [0, 0.1) is 5.92 Å². The Morgan fingerprint density at radius 3 is 1.88 bits per heavy atom. The third-order valence-corrected chi connectivity index (χ3v) is 4.90. The minimum Gasteiger partial charge on any atom is -0.463 e. The number of ether oxygens (including phenoxy) is 1. The standard InChI is InChI=1S/C24H46O2/c1-4-5-6-7-8-9-10-11-12-13-14-15-18-21-24(25)26-22-19-16-17-20-23(2)3/h18,21,23H,4-17,19-20,22H2,1-3H3. The molecule has 0 N–H and O–H groups in total. The molecule has 0 spiro atoms. The highest BCUT2D eigenvalue weighted by Gasteiger charge is 1.98. The third kappa shape index (κ3) is 21.3. The van der Waals surface area contributed by atoms with Crippen molar-refractivity contribution in [3.8, 4) is 0 Å². The molecule has 154 valence electrons. The van der Waals surface area contributed by atoms with Gasteiger partial charge in [0, 0.05) is 6.08 Å². The average Bonchev–Trinajstić information content (AvgIpc) is 2.61. The number of hydrogen-bond acceptors (Lipinski definition) is 2. The lowest BCUT2D eigenvalue weighted by Crippen LogP contribution is -2.02. The van der Waals surface area contributed by atoms with E-state index >= 15 is 0 Å². The van der Waals surface area contributed by atoms with Gasteiger partial charge < -0.3 is 4.74 Å². The largest absolute Gasteiger partial charge is 0.463 e. The quantitative estimate of drug-likeness (QED) is 0.131. The topological polar surface area (TPSA) is 26.3 Å². The average molecular weight is 367 g/mol. The molecule has 0 bridgehead atoms. The smallest absolute Gasteiger partial charge is 0.330 e. The predicted octanol–water partition coefficient (Wildman–Crippen LogP) is 8.00. The monoisotopic (exact) mass is 366 g/mol. The van der Waals surface area contributed by atoms with Gasteiger partial charge in [-0.1, -0.05) is 110 Å². The van der Waals surface area contributed by atoms with Gasteiger partial charge in [0.2, 0.25) is 0 Å². The van der Waals surface area contributed by atoms with E-state index in [1.165, 1.54) is 83.5 Å². The van der Waals surface area contributed by atoms with Gasteiger partial charge in [0.15, 0.2) is 0 Å². The van der Waals surface area contributed by atoms with Crippen LogP contribution in [0.2, 0.25) is 0 Å². The number of unbranched alkanes of at least 4 members (excludes halogenated alkanes) is 13. The van der Waals surface area contributed by atoms with Gasteiger partial charge in [-0.05, 0) is 25.2 Å². The van der Waals surface area contributed by atoms with Crippen molar-refractivity contribution in [2.24, 2.45) is 5.92 Å². The molecule has 0 aliphatic heterocycles. The van der Waals surface area contributed by atoms with Gasteiger partial charge in [-0.15, -0.1) is 0 Å². The maximum atomic E-state index is 11.6. The number of rotatable bonds is 19. The van der Waals surface area contributed by atoms with Crippen molar-refractivity contribution >= 4 is 5.97 Å². The number of hydrogen-bond donors (Lipinski definition) is 0. The molecule has 2 nitrogen and oxygen atoms in total. The molecule has 0 fully saturated rings. The first-order valence-corrected chi connectivity index (χ1v) is 11.5. The maximum absolute atomic E-state index is 11.6. The molecule has 0 aromatic carbocycles. The van der Waals surface area contributed by atoms with Gasteiger partial charge in [-0.3, -0.25) is 0 Å². The molecular formula is C24H46O2. The van der Waals surface area contributed by atoms with E-state index < -0.39 is 0 Å². The number of carbonyl (C=O) groups is 1. The Hall–Kier alpha value is -0.790. The Labute approximate surface area is 164 Å². The second kappa shape index (κ2) is 20.5. The van der Waals surface area contributed by atoms with Gasteiger partial charge in [-0.25, -0.2) is 4.79 Å². The highest BCUT2D eigenvalue weighted by atomic mass is 16.5. The number of allylic oxidation sites excluding steroid dienone is 1. The van der Waals surface area contributed by atoms with Crippen molar-refractivity contribution < 1.29 is 9.53 Å². The van der Waals surface area contributed by atoms with E-state index in [1.807, 2.05) is 6.08 Å². The van der Waals surface area contributed by atoms with Gasteiger partial charge in [0.05, 0.1) is 6.61 Å². The van der Waals surface area contributed by atoms with E-state index in [9.17, 15) is 4.79 Å². The second-order valence-corrected chi connectivity index (χ2v) is 8.14. The molecule has 0 unspecified atom stereocenters. The van der Waals surface area contributed by atoms with Crippen LogP contribution < -0.4 is 0 Å². The van der Waals surface area contributed by atoms with Crippen molar-refractivity contribution in [1.82, 2.24) is 0 Å². The summed E-state index contributed by atoms with van der Waals surface area (Å²) in [6, 6.07) is 0. The molecule has 0 aliphatic carbocycles. The number of esters is 1. The molecular weight excluding hydrogens is 320 g/mol. The highest BCUT2D eigenvalue weighted by Crippen LogP contribution is 2.12. The normalized spacial score (nSPS) is 11.5. The van der Waals surface area contributed by atoms with Gasteiger partial charge in [0.25, 0.3) is 0 Å². The zero-order valence-corrected chi connectivity index (χ0v) is 18.1. The van der Waals surface area contributed by atoms with Crippen molar-refractivity contribution in [1.29, 1.82) is 0 Å². The summed E-state index contributed by atoms with van der Waals surface area (Å²) in [7, 11) is 0. The molecule has 0 aliphatic rings. The molecule has 0 amide bonds. The van der Waals surface area contributed by atoms with E-state index in [1.54, 1.807) is 6.08 Å². The number of carbonyl (C=O) groups excluding carboxylic acids is 1. The third-order valence-electron chi connectivity index (χ3n) is 4.90. The van der Waals surface area contributed by atoms with Crippen LogP contribution in [-0.4, -0.2) is 12.6 Å². The lowest BCUT2D eigenvalue weighted by molar-refractivity contribution is -0.137. The Morgan fingerprint density at radius 1 is 0.769 bits per heavy atom.